The molecular weight excluding hydrogens is 409 g/mol. The molecule has 3 aliphatic heterocycles. The van der Waals surface area contributed by atoms with Crippen molar-refractivity contribution in [3.63, 3.8) is 0 Å². The summed E-state index contributed by atoms with van der Waals surface area (Å²) in [6.45, 7) is 0.385. The van der Waals surface area contributed by atoms with Gasteiger partial charge in [0.05, 0.1) is 5.92 Å². The van der Waals surface area contributed by atoms with E-state index in [0.717, 1.165) is 12.8 Å². The molecule has 3 fully saturated rings. The fourth-order valence-corrected chi connectivity index (χ4v) is 5.14. The van der Waals surface area contributed by atoms with Gasteiger partial charge in [-0.3, -0.25) is 9.59 Å². The van der Waals surface area contributed by atoms with E-state index in [1.54, 1.807) is 23.1 Å². The van der Waals surface area contributed by atoms with Gasteiger partial charge in [0.2, 0.25) is 11.8 Å². The van der Waals surface area contributed by atoms with Gasteiger partial charge in [-0.05, 0) is 43.9 Å². The lowest BCUT2D eigenvalue weighted by Gasteiger charge is -2.36. The summed E-state index contributed by atoms with van der Waals surface area (Å²) in [6.07, 6.45) is 4.66. The number of anilines is 1. The lowest BCUT2D eigenvalue weighted by atomic mass is 9.97. The van der Waals surface area contributed by atoms with E-state index in [9.17, 15) is 9.59 Å². The van der Waals surface area contributed by atoms with Gasteiger partial charge in [0.1, 0.15) is 0 Å². The molecule has 0 radical (unpaired) electrons. The van der Waals surface area contributed by atoms with Crippen molar-refractivity contribution in [1.82, 2.24) is 10.2 Å². The summed E-state index contributed by atoms with van der Waals surface area (Å²) in [7, 11) is 1.89. The summed E-state index contributed by atoms with van der Waals surface area (Å²) in [4.78, 5) is 29.0. The Morgan fingerprint density at radius 1 is 1.15 bits per heavy atom. The van der Waals surface area contributed by atoms with Crippen LogP contribution >= 0.6 is 35.6 Å². The number of piperidine rings is 1. The van der Waals surface area contributed by atoms with Gasteiger partial charge in [0.25, 0.3) is 0 Å². The maximum absolute atomic E-state index is 13.0. The average Bonchev–Trinajstić information content (AvgIpc) is 3.14. The van der Waals surface area contributed by atoms with Gasteiger partial charge in [0, 0.05) is 53.9 Å². The summed E-state index contributed by atoms with van der Waals surface area (Å²) >= 11 is 12.1. The van der Waals surface area contributed by atoms with Crippen LogP contribution in [0.3, 0.4) is 0 Å². The van der Waals surface area contributed by atoms with Crippen molar-refractivity contribution in [2.24, 2.45) is 5.92 Å². The van der Waals surface area contributed by atoms with E-state index in [0.29, 0.717) is 34.4 Å². The van der Waals surface area contributed by atoms with Gasteiger partial charge in [-0.1, -0.05) is 23.2 Å². The van der Waals surface area contributed by atoms with Crippen LogP contribution in [0.25, 0.3) is 0 Å². The van der Waals surface area contributed by atoms with Gasteiger partial charge in [-0.15, -0.1) is 12.4 Å². The van der Waals surface area contributed by atoms with Gasteiger partial charge >= 0.3 is 0 Å². The largest absolute Gasteiger partial charge is 0.342 e. The Bertz CT molecular complexity index is 713. The van der Waals surface area contributed by atoms with Gasteiger partial charge in [-0.25, -0.2) is 0 Å². The lowest BCUT2D eigenvalue weighted by molar-refractivity contribution is -0.137. The number of hydrogen-bond acceptors (Lipinski definition) is 3. The summed E-state index contributed by atoms with van der Waals surface area (Å²) in [5.74, 6) is -0.293. The molecule has 0 aliphatic carbocycles. The van der Waals surface area contributed by atoms with E-state index in [2.05, 4.69) is 5.32 Å². The Hall–Kier alpha value is -1.01. The zero-order valence-corrected chi connectivity index (χ0v) is 17.5. The number of benzene rings is 1. The first-order valence-electron chi connectivity index (χ1n) is 9.20. The van der Waals surface area contributed by atoms with Crippen molar-refractivity contribution < 1.29 is 9.59 Å². The number of amides is 2. The Kier molecular flexibility index (Phi) is 6.26. The number of nitrogens with one attached hydrogen (secondary N) is 1. The van der Waals surface area contributed by atoms with Crippen LogP contribution in [-0.4, -0.2) is 48.4 Å². The number of carbonyl (C=O) groups excluding carboxylic acids is 2. The summed E-state index contributed by atoms with van der Waals surface area (Å²) in [5.41, 5.74) is 0.658. The molecule has 3 aliphatic rings. The Morgan fingerprint density at radius 3 is 2.33 bits per heavy atom. The minimum Gasteiger partial charge on any atom is -0.342 e. The zero-order valence-electron chi connectivity index (χ0n) is 15.2. The first-order valence-corrected chi connectivity index (χ1v) is 9.95. The number of fused-ring (bicyclic) bond motifs is 2. The molecule has 1 N–H and O–H groups in total. The van der Waals surface area contributed by atoms with Crippen molar-refractivity contribution in [2.75, 3.05) is 18.5 Å². The van der Waals surface area contributed by atoms with Gasteiger partial charge in [-0.2, -0.15) is 0 Å². The van der Waals surface area contributed by atoms with Crippen molar-refractivity contribution in [2.45, 2.75) is 50.2 Å². The van der Waals surface area contributed by atoms with Crippen molar-refractivity contribution in [3.8, 4) is 0 Å². The predicted molar refractivity (Wildman–Crippen MR) is 110 cm³/mol. The molecule has 1 aromatic carbocycles. The maximum Gasteiger partial charge on any atom is 0.228 e. The van der Waals surface area contributed by atoms with E-state index in [1.165, 1.54) is 12.8 Å². The van der Waals surface area contributed by atoms with Gasteiger partial charge in [0.15, 0.2) is 0 Å². The van der Waals surface area contributed by atoms with Crippen LogP contribution in [0.1, 0.15) is 32.1 Å². The second-order valence-corrected chi connectivity index (χ2v) is 8.62. The number of rotatable bonds is 3. The van der Waals surface area contributed by atoms with Crippen LogP contribution in [0.4, 0.5) is 5.69 Å². The first kappa shape index (κ1) is 20.7. The molecule has 0 aromatic heterocycles. The molecule has 3 atom stereocenters. The number of carbonyl (C=O) groups is 2. The van der Waals surface area contributed by atoms with E-state index >= 15 is 0 Å². The molecule has 2 amide bonds. The standard InChI is InChI=1S/C19H23Cl2N3O2.ClH/c1-23(16-8-14-2-3-15(9-16)22-14)19(26)11-4-18(25)24(10-11)17-6-12(20)5-13(21)7-17;/h5-7,11,14-16,22H,2-4,8-10H2,1H3;1H. The molecule has 1 aromatic rings. The van der Waals surface area contributed by atoms with Crippen LogP contribution in [0.2, 0.25) is 10.0 Å². The third kappa shape index (κ3) is 4.21. The Labute approximate surface area is 175 Å². The number of halogens is 3. The van der Waals surface area contributed by atoms with E-state index < -0.39 is 0 Å². The zero-order chi connectivity index (χ0) is 18.4. The minimum absolute atomic E-state index is 0. The highest BCUT2D eigenvalue weighted by Gasteiger charge is 2.41. The first-order chi connectivity index (χ1) is 12.4. The number of nitrogens with zero attached hydrogens (tertiary/aromatic N) is 2. The fraction of sp³-hybridized carbons (Fsp3) is 0.579. The van der Waals surface area contributed by atoms with Crippen molar-refractivity contribution in [1.29, 1.82) is 0 Å². The smallest absolute Gasteiger partial charge is 0.228 e. The topological polar surface area (TPSA) is 52.7 Å². The summed E-state index contributed by atoms with van der Waals surface area (Å²) in [5, 5.41) is 4.57. The molecule has 4 rings (SSSR count). The highest BCUT2D eigenvalue weighted by Crippen LogP contribution is 2.33. The second kappa shape index (κ2) is 8.16. The molecule has 27 heavy (non-hydrogen) atoms. The highest BCUT2D eigenvalue weighted by molar-refractivity contribution is 6.35. The third-order valence-corrected chi connectivity index (χ3v) is 6.41. The van der Waals surface area contributed by atoms with Gasteiger partial charge < -0.3 is 15.1 Å². The van der Waals surface area contributed by atoms with E-state index in [4.69, 9.17) is 23.2 Å². The summed E-state index contributed by atoms with van der Waals surface area (Å²) < 4.78 is 0. The SMILES string of the molecule is CN(C(=O)C1CC(=O)N(c2cc(Cl)cc(Cl)c2)C1)C1CC2CCC(C1)N2.Cl. The highest BCUT2D eigenvalue weighted by atomic mass is 35.5. The van der Waals surface area contributed by atoms with Crippen LogP contribution in [0.5, 0.6) is 0 Å². The molecule has 2 bridgehead atoms. The lowest BCUT2D eigenvalue weighted by Crippen LogP contribution is -2.50. The molecule has 3 heterocycles. The molecule has 3 saturated heterocycles. The van der Waals surface area contributed by atoms with Crippen molar-refractivity contribution >= 4 is 53.1 Å². The Balaban J connectivity index is 0.00000210. The molecular formula is C19H24Cl3N3O2. The number of hydrogen-bond donors (Lipinski definition) is 1. The van der Waals surface area contributed by atoms with Crippen LogP contribution in [-0.2, 0) is 9.59 Å². The Morgan fingerprint density at radius 2 is 1.74 bits per heavy atom. The van der Waals surface area contributed by atoms with Crippen LogP contribution in [0, 0.1) is 5.92 Å². The van der Waals surface area contributed by atoms with Crippen LogP contribution in [0.15, 0.2) is 18.2 Å². The van der Waals surface area contributed by atoms with E-state index in [1.807, 2.05) is 11.9 Å². The van der Waals surface area contributed by atoms with Crippen LogP contribution < -0.4 is 10.2 Å². The monoisotopic (exact) mass is 431 g/mol. The molecule has 0 saturated carbocycles. The average molecular weight is 433 g/mol. The third-order valence-electron chi connectivity index (χ3n) is 5.98. The minimum atomic E-state index is -0.308. The van der Waals surface area contributed by atoms with Crippen molar-refractivity contribution in [3.05, 3.63) is 28.2 Å². The second-order valence-electron chi connectivity index (χ2n) is 7.75. The molecule has 8 heteroatoms. The molecule has 0 spiro atoms. The van der Waals surface area contributed by atoms with E-state index in [-0.39, 0.29) is 42.6 Å². The maximum atomic E-state index is 13.0. The molecule has 5 nitrogen and oxygen atoms in total. The summed E-state index contributed by atoms with van der Waals surface area (Å²) in [6, 6.07) is 6.40. The molecule has 148 valence electrons. The predicted octanol–water partition coefficient (Wildman–Crippen LogP) is 3.51. The fourth-order valence-electron chi connectivity index (χ4n) is 4.63. The normalized spacial score (nSPS) is 29.6. The quantitative estimate of drug-likeness (QED) is 0.795. The molecule has 3 unspecified atom stereocenters.